The number of carbonyl (C=O) groups excluding carboxylic acids is 1. The van der Waals surface area contributed by atoms with Crippen molar-refractivity contribution < 1.29 is 14.8 Å². The Balaban J connectivity index is 1.32. The van der Waals surface area contributed by atoms with E-state index in [0.29, 0.717) is 43.9 Å². The number of rotatable bonds is 7. The highest BCUT2D eigenvalue weighted by atomic mass is 35.5. The molecule has 0 saturated carbocycles. The molecular formula is C28H33ClN6O4. The summed E-state index contributed by atoms with van der Waals surface area (Å²) >= 11 is 6.04. The molecule has 1 aromatic heterocycles. The number of hydrogen-bond donors (Lipinski definition) is 1. The second kappa shape index (κ2) is 11.3. The van der Waals surface area contributed by atoms with Crippen molar-refractivity contribution in [3.8, 4) is 11.3 Å². The minimum atomic E-state index is -0.641. The zero-order chi connectivity index (χ0) is 27.7. The molecule has 0 radical (unpaired) electrons. The van der Waals surface area contributed by atoms with E-state index in [-0.39, 0.29) is 16.6 Å². The van der Waals surface area contributed by atoms with Crippen LogP contribution in [0.1, 0.15) is 23.7 Å². The van der Waals surface area contributed by atoms with E-state index in [1.807, 2.05) is 4.68 Å². The van der Waals surface area contributed by atoms with Gasteiger partial charge in [-0.25, -0.2) is 0 Å². The normalized spacial score (nSPS) is 16.7. The number of carbonyl (C=O) groups is 1. The molecule has 39 heavy (non-hydrogen) atoms. The van der Waals surface area contributed by atoms with Gasteiger partial charge in [0.05, 0.1) is 23.3 Å². The topological polar surface area (TPSA) is 108 Å². The first kappa shape index (κ1) is 27.1. The number of piperazine rings is 1. The zero-order valence-electron chi connectivity index (χ0n) is 22.2. The summed E-state index contributed by atoms with van der Waals surface area (Å²) in [4.78, 5) is 29.5. The van der Waals surface area contributed by atoms with Gasteiger partial charge in [-0.2, -0.15) is 5.10 Å². The fourth-order valence-electron chi connectivity index (χ4n) is 5.59. The molecule has 11 heteroatoms. The first-order valence-corrected chi connectivity index (χ1v) is 13.6. The second-order valence-corrected chi connectivity index (χ2v) is 10.7. The van der Waals surface area contributed by atoms with Crippen molar-refractivity contribution in [1.82, 2.24) is 19.6 Å². The standard InChI is InChI=1S/C28H33ClN6O4/c1-19-5-3-4-6-25(19)32-13-11-31(12-14-32)16-22(37)17-34-26-9-10-33(20(2)36)18-23(26)28(30-34)21-7-8-24(29)27(15-21)35(38)39/h3-8,15,22,37H,9-14,16-18H2,1-2H3. The zero-order valence-corrected chi connectivity index (χ0v) is 23.0. The van der Waals surface area contributed by atoms with Crippen molar-refractivity contribution in [1.29, 1.82) is 0 Å². The van der Waals surface area contributed by atoms with E-state index in [4.69, 9.17) is 16.7 Å². The number of nitrogens with zero attached hydrogens (tertiary/aromatic N) is 6. The van der Waals surface area contributed by atoms with Gasteiger partial charge in [0.15, 0.2) is 0 Å². The van der Waals surface area contributed by atoms with E-state index < -0.39 is 11.0 Å². The van der Waals surface area contributed by atoms with E-state index in [1.165, 1.54) is 30.3 Å². The van der Waals surface area contributed by atoms with Crippen LogP contribution in [-0.4, -0.2) is 80.9 Å². The van der Waals surface area contributed by atoms with Crippen molar-refractivity contribution in [2.75, 3.05) is 44.2 Å². The number of para-hydroxylation sites is 1. The van der Waals surface area contributed by atoms with Gasteiger partial charge in [0.2, 0.25) is 5.91 Å². The number of hydrogen-bond acceptors (Lipinski definition) is 7. The molecule has 5 rings (SSSR count). The van der Waals surface area contributed by atoms with Crippen LogP contribution in [0, 0.1) is 17.0 Å². The number of aryl methyl sites for hydroxylation is 1. The molecule has 3 heterocycles. The number of anilines is 1. The summed E-state index contributed by atoms with van der Waals surface area (Å²) in [5, 5.41) is 27.4. The molecule has 2 aliphatic heterocycles. The van der Waals surface area contributed by atoms with Crippen LogP contribution in [0.4, 0.5) is 11.4 Å². The Morgan fingerprint density at radius 1 is 1.13 bits per heavy atom. The number of fused-ring (bicyclic) bond motifs is 1. The number of nitro benzene ring substituents is 1. The maximum Gasteiger partial charge on any atom is 0.288 e. The molecule has 1 amide bonds. The fraction of sp³-hybridized carbons (Fsp3) is 0.429. The largest absolute Gasteiger partial charge is 0.390 e. The molecule has 0 bridgehead atoms. The lowest BCUT2D eigenvalue weighted by Gasteiger charge is -2.37. The maximum absolute atomic E-state index is 12.1. The van der Waals surface area contributed by atoms with Gasteiger partial charge in [-0.1, -0.05) is 35.9 Å². The number of aromatic nitrogens is 2. The molecular weight excluding hydrogens is 520 g/mol. The van der Waals surface area contributed by atoms with Crippen molar-refractivity contribution in [2.24, 2.45) is 0 Å². The van der Waals surface area contributed by atoms with E-state index >= 15 is 0 Å². The van der Waals surface area contributed by atoms with Crippen LogP contribution >= 0.6 is 11.6 Å². The minimum absolute atomic E-state index is 0.0358. The predicted molar refractivity (Wildman–Crippen MR) is 150 cm³/mol. The van der Waals surface area contributed by atoms with E-state index in [0.717, 1.165) is 37.4 Å². The SMILES string of the molecule is CC(=O)N1CCc2c(c(-c3ccc(Cl)c([N+](=O)[O-])c3)nn2CC(O)CN2CCN(c3ccccc3C)CC2)C1. The number of β-amino-alcohol motifs (C(OH)–C–C–N with tert-alkyl or cyclic N) is 1. The first-order valence-electron chi connectivity index (χ1n) is 13.2. The first-order chi connectivity index (χ1) is 18.7. The average Bonchev–Trinajstić information content (AvgIpc) is 3.27. The highest BCUT2D eigenvalue weighted by Gasteiger charge is 2.29. The maximum atomic E-state index is 12.1. The Morgan fingerprint density at radius 3 is 2.56 bits per heavy atom. The molecule has 206 valence electrons. The molecule has 2 aliphatic rings. The van der Waals surface area contributed by atoms with Crippen LogP contribution in [0.2, 0.25) is 5.02 Å². The molecule has 1 unspecified atom stereocenters. The summed E-state index contributed by atoms with van der Waals surface area (Å²) in [6.07, 6.45) is -0.0448. The van der Waals surface area contributed by atoms with Gasteiger partial charge >= 0.3 is 0 Å². The van der Waals surface area contributed by atoms with Crippen LogP contribution in [0.25, 0.3) is 11.3 Å². The van der Waals surface area contributed by atoms with Gasteiger partial charge in [-0.3, -0.25) is 24.5 Å². The molecule has 1 atom stereocenters. The second-order valence-electron chi connectivity index (χ2n) is 10.3. The van der Waals surface area contributed by atoms with Crippen LogP contribution < -0.4 is 4.90 Å². The number of aliphatic hydroxyl groups excluding tert-OH is 1. The number of nitro groups is 1. The smallest absolute Gasteiger partial charge is 0.288 e. The van der Waals surface area contributed by atoms with Gasteiger partial charge in [-0.05, 0) is 24.6 Å². The van der Waals surface area contributed by atoms with Gasteiger partial charge in [-0.15, -0.1) is 0 Å². The summed E-state index contributed by atoms with van der Waals surface area (Å²) in [5.74, 6) is -0.0358. The Kier molecular flexibility index (Phi) is 7.88. The summed E-state index contributed by atoms with van der Waals surface area (Å²) in [5.41, 5.74) is 5.27. The van der Waals surface area contributed by atoms with Crippen LogP contribution in [0.3, 0.4) is 0 Å². The van der Waals surface area contributed by atoms with E-state index in [1.54, 1.807) is 11.0 Å². The fourth-order valence-corrected chi connectivity index (χ4v) is 5.77. The van der Waals surface area contributed by atoms with Crippen LogP contribution in [-0.2, 0) is 24.3 Å². The quantitative estimate of drug-likeness (QED) is 0.353. The highest BCUT2D eigenvalue weighted by molar-refractivity contribution is 6.32. The third-order valence-corrected chi connectivity index (χ3v) is 8.00. The van der Waals surface area contributed by atoms with E-state index in [9.17, 15) is 20.0 Å². The Bertz CT molecular complexity index is 1380. The Hall–Kier alpha value is -3.47. The molecule has 3 aromatic rings. The molecule has 1 fully saturated rings. The molecule has 1 saturated heterocycles. The van der Waals surface area contributed by atoms with Crippen molar-refractivity contribution in [3.63, 3.8) is 0 Å². The van der Waals surface area contributed by atoms with Crippen molar-refractivity contribution in [2.45, 2.75) is 39.5 Å². The monoisotopic (exact) mass is 552 g/mol. The number of benzene rings is 2. The molecule has 2 aromatic carbocycles. The van der Waals surface area contributed by atoms with Gasteiger partial charge in [0, 0.05) is 87.7 Å². The summed E-state index contributed by atoms with van der Waals surface area (Å²) < 4.78 is 1.82. The van der Waals surface area contributed by atoms with Gasteiger partial charge < -0.3 is 14.9 Å². The number of halogens is 1. The van der Waals surface area contributed by atoms with Crippen LogP contribution in [0.15, 0.2) is 42.5 Å². The third kappa shape index (κ3) is 5.78. The van der Waals surface area contributed by atoms with Crippen molar-refractivity contribution >= 4 is 28.9 Å². The summed E-state index contributed by atoms with van der Waals surface area (Å²) in [6.45, 7) is 8.93. The summed E-state index contributed by atoms with van der Waals surface area (Å²) in [7, 11) is 0. The lowest BCUT2D eigenvalue weighted by Crippen LogP contribution is -2.49. The minimum Gasteiger partial charge on any atom is -0.390 e. The number of amides is 1. The van der Waals surface area contributed by atoms with Crippen LogP contribution in [0.5, 0.6) is 0 Å². The molecule has 0 spiro atoms. The lowest BCUT2D eigenvalue weighted by molar-refractivity contribution is -0.384. The van der Waals surface area contributed by atoms with Gasteiger partial charge in [0.1, 0.15) is 5.02 Å². The lowest BCUT2D eigenvalue weighted by atomic mass is 10.0. The molecule has 0 aliphatic carbocycles. The van der Waals surface area contributed by atoms with Gasteiger partial charge in [0.25, 0.3) is 5.69 Å². The molecule has 10 nitrogen and oxygen atoms in total. The van der Waals surface area contributed by atoms with Crippen molar-refractivity contribution in [3.05, 3.63) is 74.4 Å². The average molecular weight is 553 g/mol. The third-order valence-electron chi connectivity index (χ3n) is 7.68. The highest BCUT2D eigenvalue weighted by Crippen LogP contribution is 2.35. The van der Waals surface area contributed by atoms with E-state index in [2.05, 4.69) is 41.0 Å². The molecule has 1 N–H and O–H groups in total. The number of aliphatic hydroxyl groups is 1. The Morgan fingerprint density at radius 2 is 1.87 bits per heavy atom. The summed E-state index contributed by atoms with van der Waals surface area (Å²) in [6, 6.07) is 13.0. The Labute approximate surface area is 232 Å². The predicted octanol–water partition coefficient (Wildman–Crippen LogP) is 3.51.